The molecule has 3 N–H and O–H groups in total. The average Bonchev–Trinajstić information content (AvgIpc) is 2.32. The highest BCUT2D eigenvalue weighted by molar-refractivity contribution is 9.10. The first kappa shape index (κ1) is 15.8. The van der Waals surface area contributed by atoms with Gasteiger partial charge in [0.05, 0.1) is 4.90 Å². The Morgan fingerprint density at radius 3 is 2.75 bits per heavy atom. The molecule has 0 amide bonds. The topological polar surface area (TPSA) is 75.4 Å². The first-order valence-corrected chi connectivity index (χ1v) is 8.83. The van der Waals surface area contributed by atoms with Gasteiger partial charge in [-0.3, -0.25) is 0 Å². The fraction of sp³-hybridized carbons (Fsp3) is 0.538. The third-order valence-corrected chi connectivity index (χ3v) is 6.13. The van der Waals surface area contributed by atoms with Crippen molar-refractivity contribution in [1.29, 1.82) is 0 Å². The number of hydrogen-bond acceptors (Lipinski definition) is 4. The Balaban J connectivity index is 2.19. The number of halogens is 1. The number of likely N-dealkylation sites (tertiary alicyclic amines) is 1. The number of sulfonamides is 1. The zero-order valence-electron chi connectivity index (χ0n) is 11.6. The summed E-state index contributed by atoms with van der Waals surface area (Å²) in [6, 6.07) is 4.70. The number of nitrogens with one attached hydrogen (secondary N) is 1. The maximum atomic E-state index is 12.5. The Kier molecular flexibility index (Phi) is 4.73. The Bertz CT molecular complexity index is 591. The van der Waals surface area contributed by atoms with E-state index in [1.165, 1.54) is 6.07 Å². The lowest BCUT2D eigenvalue weighted by Crippen LogP contribution is -2.48. The highest BCUT2D eigenvalue weighted by Crippen LogP contribution is 2.26. The fourth-order valence-corrected chi connectivity index (χ4v) is 5.00. The number of piperidine rings is 1. The molecule has 1 aromatic rings. The second-order valence-electron chi connectivity index (χ2n) is 5.45. The van der Waals surface area contributed by atoms with Gasteiger partial charge in [0.1, 0.15) is 0 Å². The lowest BCUT2D eigenvalue weighted by molar-refractivity contribution is 0.188. The van der Waals surface area contributed by atoms with E-state index in [0.717, 1.165) is 19.5 Å². The summed E-state index contributed by atoms with van der Waals surface area (Å²) in [5.74, 6) is 0.288. The summed E-state index contributed by atoms with van der Waals surface area (Å²) in [5.41, 5.74) is 6.17. The standard InChI is InChI=1S/C13H20BrN3O2S/c1-9-8-17(2)6-5-12(9)16-20(18,19)13-4-3-10(15)7-11(13)14/h3-4,7,9,12,16H,5-6,8,15H2,1-2H3. The van der Waals surface area contributed by atoms with Crippen molar-refractivity contribution in [2.45, 2.75) is 24.3 Å². The minimum Gasteiger partial charge on any atom is -0.399 e. The summed E-state index contributed by atoms with van der Waals surface area (Å²) >= 11 is 3.27. The fourth-order valence-electron chi connectivity index (χ4n) is 2.53. The molecule has 20 heavy (non-hydrogen) atoms. The maximum absolute atomic E-state index is 12.5. The summed E-state index contributed by atoms with van der Waals surface area (Å²) in [4.78, 5) is 2.45. The lowest BCUT2D eigenvalue weighted by Gasteiger charge is -2.35. The van der Waals surface area contributed by atoms with Crippen LogP contribution in [0.1, 0.15) is 13.3 Å². The molecule has 2 rings (SSSR count). The van der Waals surface area contributed by atoms with Gasteiger partial charge in [0.25, 0.3) is 0 Å². The van der Waals surface area contributed by atoms with Crippen molar-refractivity contribution in [1.82, 2.24) is 9.62 Å². The molecule has 1 saturated heterocycles. The van der Waals surface area contributed by atoms with Crippen LogP contribution in [0.15, 0.2) is 27.6 Å². The monoisotopic (exact) mass is 361 g/mol. The van der Waals surface area contributed by atoms with E-state index in [4.69, 9.17) is 5.73 Å². The Labute approximate surface area is 128 Å². The van der Waals surface area contributed by atoms with Crippen LogP contribution < -0.4 is 10.5 Å². The van der Waals surface area contributed by atoms with Crippen LogP contribution in [-0.2, 0) is 10.0 Å². The molecule has 2 unspecified atom stereocenters. The van der Waals surface area contributed by atoms with Crippen molar-refractivity contribution < 1.29 is 8.42 Å². The molecule has 1 fully saturated rings. The molecule has 112 valence electrons. The van der Waals surface area contributed by atoms with Crippen molar-refractivity contribution in [2.75, 3.05) is 25.9 Å². The summed E-state index contributed by atoms with van der Waals surface area (Å²) in [5, 5.41) is 0. The summed E-state index contributed by atoms with van der Waals surface area (Å²) in [6.45, 7) is 3.87. The second kappa shape index (κ2) is 6.01. The van der Waals surface area contributed by atoms with E-state index in [-0.39, 0.29) is 16.9 Å². The number of benzene rings is 1. The van der Waals surface area contributed by atoms with Gasteiger partial charge in [-0.05, 0) is 60.1 Å². The van der Waals surface area contributed by atoms with E-state index in [1.54, 1.807) is 12.1 Å². The summed E-state index contributed by atoms with van der Waals surface area (Å²) < 4.78 is 28.2. The van der Waals surface area contributed by atoms with Crippen molar-refractivity contribution in [2.24, 2.45) is 5.92 Å². The number of hydrogen-bond donors (Lipinski definition) is 2. The molecular formula is C13H20BrN3O2S. The summed E-state index contributed by atoms with van der Waals surface area (Å²) in [6.07, 6.45) is 0.823. The largest absolute Gasteiger partial charge is 0.399 e. The molecule has 7 heteroatoms. The van der Waals surface area contributed by atoms with E-state index in [0.29, 0.717) is 10.2 Å². The van der Waals surface area contributed by atoms with Crippen LogP contribution in [0.3, 0.4) is 0 Å². The van der Waals surface area contributed by atoms with Gasteiger partial charge in [-0.1, -0.05) is 6.92 Å². The number of anilines is 1. The molecule has 1 heterocycles. The normalized spacial score (nSPS) is 24.8. The van der Waals surface area contributed by atoms with Gasteiger partial charge >= 0.3 is 0 Å². The van der Waals surface area contributed by atoms with Crippen LogP contribution in [0.5, 0.6) is 0 Å². The van der Waals surface area contributed by atoms with Crippen LogP contribution >= 0.6 is 15.9 Å². The van der Waals surface area contributed by atoms with Gasteiger partial charge in [0, 0.05) is 22.7 Å². The number of nitrogens with zero attached hydrogens (tertiary/aromatic N) is 1. The molecule has 0 saturated carbocycles. The van der Waals surface area contributed by atoms with Gasteiger partial charge in [-0.15, -0.1) is 0 Å². The SMILES string of the molecule is CC1CN(C)CCC1NS(=O)(=O)c1ccc(N)cc1Br. The molecule has 1 aliphatic rings. The lowest BCUT2D eigenvalue weighted by atomic mass is 9.95. The molecule has 2 atom stereocenters. The zero-order valence-corrected chi connectivity index (χ0v) is 14.0. The van der Waals surface area contributed by atoms with Crippen LogP contribution in [0.2, 0.25) is 0 Å². The first-order valence-electron chi connectivity index (χ1n) is 6.55. The summed E-state index contributed by atoms with van der Waals surface area (Å²) in [7, 11) is -1.48. The molecule has 0 spiro atoms. The molecule has 1 aliphatic heterocycles. The van der Waals surface area contributed by atoms with Crippen molar-refractivity contribution in [3.63, 3.8) is 0 Å². The first-order chi connectivity index (χ1) is 9.29. The van der Waals surface area contributed by atoms with Gasteiger partial charge in [-0.2, -0.15) is 0 Å². The predicted molar refractivity (Wildman–Crippen MR) is 83.9 cm³/mol. The molecule has 0 aliphatic carbocycles. The molecule has 0 aromatic heterocycles. The van der Waals surface area contributed by atoms with Gasteiger partial charge in [0.2, 0.25) is 10.0 Å². The van der Waals surface area contributed by atoms with Gasteiger partial charge in [-0.25, -0.2) is 13.1 Å². The van der Waals surface area contributed by atoms with Gasteiger partial charge in [0.15, 0.2) is 0 Å². The minimum atomic E-state index is -3.53. The van der Waals surface area contributed by atoms with Crippen LogP contribution in [0, 0.1) is 5.92 Å². The third-order valence-electron chi connectivity index (χ3n) is 3.66. The average molecular weight is 362 g/mol. The Morgan fingerprint density at radius 2 is 2.15 bits per heavy atom. The van der Waals surface area contributed by atoms with Crippen LogP contribution in [0.25, 0.3) is 0 Å². The number of nitrogens with two attached hydrogens (primary N) is 1. The van der Waals surface area contributed by atoms with Crippen molar-refractivity contribution in [3.05, 3.63) is 22.7 Å². The quantitative estimate of drug-likeness (QED) is 0.802. The number of nitrogen functional groups attached to an aromatic ring is 1. The van der Waals surface area contributed by atoms with E-state index in [9.17, 15) is 8.42 Å². The van der Waals surface area contributed by atoms with E-state index in [2.05, 4.69) is 39.5 Å². The van der Waals surface area contributed by atoms with Crippen molar-refractivity contribution >= 4 is 31.6 Å². The van der Waals surface area contributed by atoms with Crippen molar-refractivity contribution in [3.8, 4) is 0 Å². The highest BCUT2D eigenvalue weighted by atomic mass is 79.9. The predicted octanol–water partition coefficient (Wildman–Crippen LogP) is 1.65. The Morgan fingerprint density at radius 1 is 1.45 bits per heavy atom. The molecule has 5 nitrogen and oxygen atoms in total. The second-order valence-corrected chi connectivity index (χ2v) is 7.98. The molecular weight excluding hydrogens is 342 g/mol. The molecule has 0 bridgehead atoms. The smallest absolute Gasteiger partial charge is 0.241 e. The molecule has 0 radical (unpaired) electrons. The highest BCUT2D eigenvalue weighted by Gasteiger charge is 2.29. The van der Waals surface area contributed by atoms with Gasteiger partial charge < -0.3 is 10.6 Å². The zero-order chi connectivity index (χ0) is 14.9. The minimum absolute atomic E-state index is 0.0272. The van der Waals surface area contributed by atoms with Crippen LogP contribution in [0.4, 0.5) is 5.69 Å². The maximum Gasteiger partial charge on any atom is 0.241 e. The third kappa shape index (κ3) is 3.52. The molecule has 1 aromatic carbocycles. The number of rotatable bonds is 3. The van der Waals surface area contributed by atoms with Crippen LogP contribution in [-0.4, -0.2) is 39.5 Å². The van der Waals surface area contributed by atoms with E-state index >= 15 is 0 Å². The van der Waals surface area contributed by atoms with E-state index in [1.807, 2.05) is 0 Å². The Hall–Kier alpha value is -0.630. The van der Waals surface area contributed by atoms with E-state index < -0.39 is 10.0 Å².